The molecule has 2 fully saturated rings. The predicted octanol–water partition coefficient (Wildman–Crippen LogP) is -0.00530. The van der Waals surface area contributed by atoms with Crippen molar-refractivity contribution >= 4 is 33.3 Å². The number of nitrogens with zero attached hydrogens (tertiary/aromatic N) is 3. The standard InChI is InChI=1S/C14H20N4O4S2/c1-11(13(19)18-5-4-15-14(18)20)16-6-8-17(9-7-16)24(21,22)12-3-2-10-23-12/h2-3,10-11H,4-9H2,1H3,(H,15,20)/t11-/m1/s1. The number of rotatable bonds is 4. The lowest BCUT2D eigenvalue weighted by Gasteiger charge is -2.37. The highest BCUT2D eigenvalue weighted by atomic mass is 32.2. The highest BCUT2D eigenvalue weighted by Gasteiger charge is 2.36. The van der Waals surface area contributed by atoms with Gasteiger partial charge in [0.15, 0.2) is 0 Å². The van der Waals surface area contributed by atoms with Gasteiger partial charge in [-0.1, -0.05) is 6.07 Å². The van der Waals surface area contributed by atoms with E-state index in [1.54, 1.807) is 24.4 Å². The fourth-order valence-electron chi connectivity index (χ4n) is 2.93. The zero-order valence-corrected chi connectivity index (χ0v) is 15.0. The van der Waals surface area contributed by atoms with Crippen LogP contribution in [0.3, 0.4) is 0 Å². The van der Waals surface area contributed by atoms with Crippen LogP contribution in [0.2, 0.25) is 0 Å². The second-order valence-electron chi connectivity index (χ2n) is 5.77. The molecule has 0 spiro atoms. The van der Waals surface area contributed by atoms with E-state index in [0.29, 0.717) is 43.5 Å². The van der Waals surface area contributed by atoms with Crippen LogP contribution >= 0.6 is 11.3 Å². The number of carbonyl (C=O) groups excluding carboxylic acids is 2. The number of urea groups is 1. The summed E-state index contributed by atoms with van der Waals surface area (Å²) >= 11 is 1.20. The van der Waals surface area contributed by atoms with E-state index in [4.69, 9.17) is 0 Å². The van der Waals surface area contributed by atoms with Gasteiger partial charge in [0, 0.05) is 39.3 Å². The largest absolute Gasteiger partial charge is 0.336 e. The molecule has 10 heteroatoms. The molecule has 2 aliphatic rings. The summed E-state index contributed by atoms with van der Waals surface area (Å²) in [5.74, 6) is -0.237. The summed E-state index contributed by atoms with van der Waals surface area (Å²) in [7, 11) is -3.45. The molecule has 1 atom stereocenters. The molecule has 0 saturated carbocycles. The van der Waals surface area contributed by atoms with Gasteiger partial charge >= 0.3 is 6.03 Å². The van der Waals surface area contributed by atoms with Crippen LogP contribution in [0.15, 0.2) is 21.7 Å². The minimum atomic E-state index is -3.45. The Labute approximate surface area is 145 Å². The van der Waals surface area contributed by atoms with E-state index in [-0.39, 0.29) is 11.9 Å². The van der Waals surface area contributed by atoms with E-state index in [0.717, 1.165) is 0 Å². The van der Waals surface area contributed by atoms with Crippen molar-refractivity contribution in [3.8, 4) is 0 Å². The molecule has 0 bridgehead atoms. The molecule has 3 heterocycles. The molecule has 24 heavy (non-hydrogen) atoms. The highest BCUT2D eigenvalue weighted by Crippen LogP contribution is 2.22. The number of piperazine rings is 1. The Morgan fingerprint density at radius 1 is 1.25 bits per heavy atom. The van der Waals surface area contributed by atoms with E-state index in [9.17, 15) is 18.0 Å². The summed E-state index contributed by atoms with van der Waals surface area (Å²) in [4.78, 5) is 27.2. The first-order valence-corrected chi connectivity index (χ1v) is 10.1. The van der Waals surface area contributed by atoms with E-state index in [1.807, 2.05) is 4.90 Å². The average Bonchev–Trinajstić information content (AvgIpc) is 3.25. The van der Waals surface area contributed by atoms with Gasteiger partial charge in [-0.05, 0) is 18.4 Å². The molecule has 2 aliphatic heterocycles. The lowest BCUT2D eigenvalue weighted by atomic mass is 10.2. The number of imide groups is 1. The Morgan fingerprint density at radius 2 is 1.96 bits per heavy atom. The monoisotopic (exact) mass is 372 g/mol. The normalized spacial score (nSPS) is 21.7. The minimum absolute atomic E-state index is 0.237. The van der Waals surface area contributed by atoms with E-state index in [1.165, 1.54) is 20.5 Å². The van der Waals surface area contributed by atoms with Crippen LogP contribution in [0.5, 0.6) is 0 Å². The number of carbonyl (C=O) groups is 2. The van der Waals surface area contributed by atoms with Crippen LogP contribution in [0.1, 0.15) is 6.92 Å². The van der Waals surface area contributed by atoms with Crippen molar-refractivity contribution in [2.75, 3.05) is 39.3 Å². The van der Waals surface area contributed by atoms with Crippen LogP contribution in [0.4, 0.5) is 4.79 Å². The first-order chi connectivity index (χ1) is 11.4. The molecule has 3 amide bonds. The van der Waals surface area contributed by atoms with Crippen molar-refractivity contribution in [3.63, 3.8) is 0 Å². The Kier molecular flexibility index (Phi) is 4.90. The third-order valence-electron chi connectivity index (χ3n) is 4.39. The van der Waals surface area contributed by atoms with Gasteiger partial charge in [-0.15, -0.1) is 11.3 Å². The molecule has 132 valence electrons. The van der Waals surface area contributed by atoms with Crippen molar-refractivity contribution in [1.82, 2.24) is 19.4 Å². The maximum absolute atomic E-state index is 12.5. The third kappa shape index (κ3) is 3.18. The van der Waals surface area contributed by atoms with Gasteiger partial charge in [-0.2, -0.15) is 4.31 Å². The molecular weight excluding hydrogens is 352 g/mol. The minimum Gasteiger partial charge on any atom is -0.336 e. The maximum Gasteiger partial charge on any atom is 0.324 e. The summed E-state index contributed by atoms with van der Waals surface area (Å²) in [6, 6.07) is 2.52. The number of hydrogen-bond donors (Lipinski definition) is 1. The molecule has 0 aromatic carbocycles. The first kappa shape index (κ1) is 17.3. The second kappa shape index (κ2) is 6.79. The zero-order valence-electron chi connectivity index (χ0n) is 13.3. The number of sulfonamides is 1. The van der Waals surface area contributed by atoms with Crippen molar-refractivity contribution in [1.29, 1.82) is 0 Å². The van der Waals surface area contributed by atoms with E-state index >= 15 is 0 Å². The van der Waals surface area contributed by atoms with E-state index in [2.05, 4.69) is 5.32 Å². The van der Waals surface area contributed by atoms with Gasteiger partial charge in [-0.25, -0.2) is 13.2 Å². The van der Waals surface area contributed by atoms with Gasteiger partial charge in [0.1, 0.15) is 4.21 Å². The summed E-state index contributed by atoms with van der Waals surface area (Å²) in [5, 5.41) is 4.35. The quantitative estimate of drug-likeness (QED) is 0.803. The lowest BCUT2D eigenvalue weighted by Crippen LogP contribution is -2.55. The summed E-state index contributed by atoms with van der Waals surface area (Å²) in [5.41, 5.74) is 0. The van der Waals surface area contributed by atoms with Gasteiger partial charge in [0.2, 0.25) is 5.91 Å². The number of amides is 3. The molecule has 1 aromatic rings. The Bertz CT molecular complexity index is 711. The van der Waals surface area contributed by atoms with Gasteiger partial charge in [0.25, 0.3) is 10.0 Å². The van der Waals surface area contributed by atoms with Gasteiger partial charge < -0.3 is 5.32 Å². The van der Waals surface area contributed by atoms with Crippen LogP contribution in [-0.4, -0.2) is 79.8 Å². The molecular formula is C14H20N4O4S2. The lowest BCUT2D eigenvalue weighted by molar-refractivity contribution is -0.133. The summed E-state index contributed by atoms with van der Waals surface area (Å²) in [6.45, 7) is 4.23. The number of nitrogens with one attached hydrogen (secondary N) is 1. The smallest absolute Gasteiger partial charge is 0.324 e. The topological polar surface area (TPSA) is 90.0 Å². The molecule has 1 aromatic heterocycles. The highest BCUT2D eigenvalue weighted by molar-refractivity contribution is 7.91. The third-order valence-corrected chi connectivity index (χ3v) is 7.66. The maximum atomic E-state index is 12.5. The van der Waals surface area contributed by atoms with Crippen LogP contribution < -0.4 is 5.32 Å². The predicted molar refractivity (Wildman–Crippen MR) is 89.2 cm³/mol. The molecule has 3 rings (SSSR count). The molecule has 0 unspecified atom stereocenters. The first-order valence-electron chi connectivity index (χ1n) is 7.78. The van der Waals surface area contributed by atoms with Crippen molar-refractivity contribution in [2.24, 2.45) is 0 Å². The molecule has 0 aliphatic carbocycles. The van der Waals surface area contributed by atoms with E-state index < -0.39 is 16.1 Å². The summed E-state index contributed by atoms with van der Waals surface area (Å²) < 4.78 is 26.8. The van der Waals surface area contributed by atoms with Crippen LogP contribution in [0, 0.1) is 0 Å². The second-order valence-corrected chi connectivity index (χ2v) is 8.88. The SMILES string of the molecule is C[C@H](C(=O)N1CCNC1=O)N1CCN(S(=O)(=O)c2cccs2)CC1. The van der Waals surface area contributed by atoms with Crippen LogP contribution in [0.25, 0.3) is 0 Å². The van der Waals surface area contributed by atoms with Crippen molar-refractivity contribution in [2.45, 2.75) is 17.2 Å². The number of hydrogen-bond acceptors (Lipinski definition) is 6. The molecule has 2 saturated heterocycles. The molecule has 0 radical (unpaired) electrons. The Morgan fingerprint density at radius 3 is 2.50 bits per heavy atom. The summed E-state index contributed by atoms with van der Waals surface area (Å²) in [6.07, 6.45) is 0. The molecule has 8 nitrogen and oxygen atoms in total. The zero-order chi connectivity index (χ0) is 17.3. The molecule has 1 N–H and O–H groups in total. The van der Waals surface area contributed by atoms with Gasteiger partial charge in [0.05, 0.1) is 6.04 Å². The number of thiophene rings is 1. The Hall–Kier alpha value is -1.49. The van der Waals surface area contributed by atoms with Crippen molar-refractivity contribution in [3.05, 3.63) is 17.5 Å². The fourth-order valence-corrected chi connectivity index (χ4v) is 5.50. The Balaban J connectivity index is 1.61. The fraction of sp³-hybridized carbons (Fsp3) is 0.571. The van der Waals surface area contributed by atoms with Gasteiger partial charge in [-0.3, -0.25) is 14.6 Å². The van der Waals surface area contributed by atoms with Crippen LogP contribution in [-0.2, 0) is 14.8 Å². The average molecular weight is 372 g/mol. The van der Waals surface area contributed by atoms with Crippen molar-refractivity contribution < 1.29 is 18.0 Å².